The van der Waals surface area contributed by atoms with Crippen LogP contribution < -0.4 is 10.1 Å². The molecule has 0 bridgehead atoms. The Morgan fingerprint density at radius 2 is 1.83 bits per heavy atom. The molecule has 0 atom stereocenters. The van der Waals surface area contributed by atoms with E-state index in [2.05, 4.69) is 5.32 Å². The summed E-state index contributed by atoms with van der Waals surface area (Å²) >= 11 is 5.96. The summed E-state index contributed by atoms with van der Waals surface area (Å²) in [5, 5.41) is 4.29. The Bertz CT molecular complexity index is 1060. The fraction of sp³-hybridized carbons (Fsp3) is 0.304. The zero-order valence-electron chi connectivity index (χ0n) is 17.3. The largest absolute Gasteiger partial charge is 0.497 e. The summed E-state index contributed by atoms with van der Waals surface area (Å²) < 4.78 is 12.0. The number of methoxy groups -OCH3 is 2. The second-order valence-corrected chi connectivity index (χ2v) is 7.40. The molecule has 1 aromatic heterocycles. The minimum absolute atomic E-state index is 0.102. The van der Waals surface area contributed by atoms with E-state index in [0.29, 0.717) is 29.5 Å². The number of carbonyl (C=O) groups is 2. The Balaban J connectivity index is 1.99. The van der Waals surface area contributed by atoms with Crippen molar-refractivity contribution in [2.24, 2.45) is 0 Å². The van der Waals surface area contributed by atoms with Crippen LogP contribution in [0.4, 0.5) is 0 Å². The van der Waals surface area contributed by atoms with Crippen LogP contribution in [0.2, 0.25) is 5.02 Å². The zero-order chi connectivity index (χ0) is 21.7. The Morgan fingerprint density at radius 1 is 1.10 bits per heavy atom. The first-order valence-electron chi connectivity index (χ1n) is 9.70. The van der Waals surface area contributed by atoms with Crippen molar-refractivity contribution in [1.29, 1.82) is 0 Å². The fourth-order valence-corrected chi connectivity index (χ4v) is 3.59. The van der Waals surface area contributed by atoms with Gasteiger partial charge >= 0.3 is 0 Å². The van der Waals surface area contributed by atoms with E-state index in [0.717, 1.165) is 28.6 Å². The van der Waals surface area contributed by atoms with Crippen LogP contribution in [-0.4, -0.2) is 43.8 Å². The molecule has 0 aliphatic heterocycles. The first-order chi connectivity index (χ1) is 14.5. The number of aromatic nitrogens is 1. The average molecular weight is 429 g/mol. The number of hydrogen-bond acceptors (Lipinski definition) is 4. The predicted octanol–water partition coefficient (Wildman–Crippen LogP) is 4.00. The molecule has 2 aromatic carbocycles. The molecule has 0 unspecified atom stereocenters. The number of ether oxygens (including phenoxy) is 2. The first-order valence-corrected chi connectivity index (χ1v) is 10.1. The standard InChI is InChI=1S/C23H25ClN2O4/c1-15-19(14-22(27)25-11-4-12-29-2)20-13-18(30-3)9-10-21(20)26(15)23(28)16-5-7-17(24)8-6-16/h5-10,13H,4,11-12,14H2,1-3H3,(H,25,27). The van der Waals surface area contributed by atoms with Gasteiger partial charge < -0.3 is 14.8 Å². The second-order valence-electron chi connectivity index (χ2n) is 6.97. The SMILES string of the molecule is COCCCNC(=O)Cc1c(C)n(C(=O)c2ccc(Cl)cc2)c2ccc(OC)cc12. The molecular weight excluding hydrogens is 404 g/mol. The van der Waals surface area contributed by atoms with E-state index >= 15 is 0 Å². The summed E-state index contributed by atoms with van der Waals surface area (Å²) in [4.78, 5) is 25.8. The fourth-order valence-electron chi connectivity index (χ4n) is 3.46. The third-order valence-electron chi connectivity index (χ3n) is 5.02. The summed E-state index contributed by atoms with van der Waals surface area (Å²) in [6, 6.07) is 12.3. The highest BCUT2D eigenvalue weighted by molar-refractivity contribution is 6.30. The molecule has 0 spiro atoms. The molecule has 0 aliphatic rings. The van der Waals surface area contributed by atoms with Crippen LogP contribution in [0.3, 0.4) is 0 Å². The maximum Gasteiger partial charge on any atom is 0.262 e. The maximum atomic E-state index is 13.3. The topological polar surface area (TPSA) is 69.6 Å². The number of nitrogens with one attached hydrogen (secondary N) is 1. The molecule has 1 N–H and O–H groups in total. The molecule has 3 rings (SSSR count). The quantitative estimate of drug-likeness (QED) is 0.550. The Morgan fingerprint density at radius 3 is 2.50 bits per heavy atom. The summed E-state index contributed by atoms with van der Waals surface area (Å²) in [6.07, 6.45) is 0.912. The van der Waals surface area contributed by atoms with Gasteiger partial charge in [0.2, 0.25) is 5.91 Å². The maximum absolute atomic E-state index is 13.3. The van der Waals surface area contributed by atoms with Gasteiger partial charge in [0, 0.05) is 41.9 Å². The number of fused-ring (bicyclic) bond motifs is 1. The summed E-state index contributed by atoms with van der Waals surface area (Å²) in [5.41, 5.74) is 2.78. The minimum atomic E-state index is -0.175. The third kappa shape index (κ3) is 4.66. The average Bonchev–Trinajstić information content (AvgIpc) is 3.02. The third-order valence-corrected chi connectivity index (χ3v) is 5.27. The molecule has 3 aromatic rings. The number of nitrogens with zero attached hydrogens (tertiary/aromatic N) is 1. The van der Waals surface area contributed by atoms with Crippen LogP contribution in [0, 0.1) is 6.92 Å². The van der Waals surface area contributed by atoms with Crippen molar-refractivity contribution in [3.8, 4) is 5.75 Å². The van der Waals surface area contributed by atoms with Gasteiger partial charge in [-0.2, -0.15) is 0 Å². The van der Waals surface area contributed by atoms with Gasteiger partial charge in [-0.3, -0.25) is 14.2 Å². The van der Waals surface area contributed by atoms with E-state index < -0.39 is 0 Å². The number of hydrogen-bond donors (Lipinski definition) is 1. The van der Waals surface area contributed by atoms with E-state index in [1.54, 1.807) is 43.1 Å². The van der Waals surface area contributed by atoms with Crippen LogP contribution in [0.5, 0.6) is 5.75 Å². The van der Waals surface area contributed by atoms with Gasteiger partial charge in [0.15, 0.2) is 0 Å². The molecule has 0 fully saturated rings. The molecule has 6 nitrogen and oxygen atoms in total. The molecule has 7 heteroatoms. The lowest BCUT2D eigenvalue weighted by Gasteiger charge is -2.08. The number of halogens is 1. The predicted molar refractivity (Wildman–Crippen MR) is 118 cm³/mol. The number of benzene rings is 2. The minimum Gasteiger partial charge on any atom is -0.497 e. The molecule has 30 heavy (non-hydrogen) atoms. The van der Waals surface area contributed by atoms with Crippen LogP contribution in [0.15, 0.2) is 42.5 Å². The van der Waals surface area contributed by atoms with Crippen LogP contribution in [0.1, 0.15) is 28.0 Å². The van der Waals surface area contributed by atoms with Gasteiger partial charge in [-0.05, 0) is 61.4 Å². The van der Waals surface area contributed by atoms with Crippen LogP contribution >= 0.6 is 11.6 Å². The Labute approximate surface area is 180 Å². The monoisotopic (exact) mass is 428 g/mol. The lowest BCUT2D eigenvalue weighted by Crippen LogP contribution is -2.27. The lowest BCUT2D eigenvalue weighted by atomic mass is 10.1. The highest BCUT2D eigenvalue weighted by Gasteiger charge is 2.22. The van der Waals surface area contributed by atoms with Crippen molar-refractivity contribution in [2.45, 2.75) is 19.8 Å². The van der Waals surface area contributed by atoms with E-state index in [-0.39, 0.29) is 18.2 Å². The van der Waals surface area contributed by atoms with Crippen LogP contribution in [-0.2, 0) is 16.0 Å². The van der Waals surface area contributed by atoms with Gasteiger partial charge in [0.25, 0.3) is 5.91 Å². The van der Waals surface area contributed by atoms with E-state index in [1.165, 1.54) is 0 Å². The highest BCUT2D eigenvalue weighted by atomic mass is 35.5. The Kier molecular flexibility index (Phi) is 7.13. The van der Waals surface area contributed by atoms with Gasteiger partial charge in [0.1, 0.15) is 5.75 Å². The molecule has 1 heterocycles. The van der Waals surface area contributed by atoms with Crippen molar-refractivity contribution in [2.75, 3.05) is 27.4 Å². The molecule has 158 valence electrons. The number of carbonyl (C=O) groups excluding carboxylic acids is 2. The lowest BCUT2D eigenvalue weighted by molar-refractivity contribution is -0.120. The van der Waals surface area contributed by atoms with Crippen molar-refractivity contribution >= 4 is 34.3 Å². The molecule has 0 aliphatic carbocycles. The van der Waals surface area contributed by atoms with E-state index in [1.807, 2.05) is 25.1 Å². The van der Waals surface area contributed by atoms with E-state index in [4.69, 9.17) is 21.1 Å². The van der Waals surface area contributed by atoms with Crippen molar-refractivity contribution in [3.05, 3.63) is 64.3 Å². The molecular formula is C23H25ClN2O4. The molecule has 0 saturated carbocycles. The molecule has 1 amide bonds. The number of rotatable bonds is 8. The first kappa shape index (κ1) is 21.9. The molecule has 0 radical (unpaired) electrons. The summed E-state index contributed by atoms with van der Waals surface area (Å²) in [5.74, 6) is 0.390. The number of amides is 1. The highest BCUT2D eigenvalue weighted by Crippen LogP contribution is 2.30. The Hall–Kier alpha value is -2.83. The van der Waals surface area contributed by atoms with Gasteiger partial charge in [-0.25, -0.2) is 0 Å². The second kappa shape index (κ2) is 9.78. The van der Waals surface area contributed by atoms with Gasteiger partial charge in [-0.1, -0.05) is 11.6 Å². The smallest absolute Gasteiger partial charge is 0.262 e. The zero-order valence-corrected chi connectivity index (χ0v) is 18.1. The normalized spacial score (nSPS) is 10.9. The van der Waals surface area contributed by atoms with E-state index in [9.17, 15) is 9.59 Å². The van der Waals surface area contributed by atoms with Crippen molar-refractivity contribution in [1.82, 2.24) is 9.88 Å². The van der Waals surface area contributed by atoms with Gasteiger partial charge in [-0.15, -0.1) is 0 Å². The summed E-state index contributed by atoms with van der Waals surface area (Å²) in [7, 11) is 3.22. The van der Waals surface area contributed by atoms with Crippen LogP contribution in [0.25, 0.3) is 10.9 Å². The molecule has 0 saturated heterocycles. The van der Waals surface area contributed by atoms with Crippen molar-refractivity contribution < 1.29 is 19.1 Å². The summed E-state index contributed by atoms with van der Waals surface area (Å²) in [6.45, 7) is 2.98. The van der Waals surface area contributed by atoms with Crippen molar-refractivity contribution in [3.63, 3.8) is 0 Å². The van der Waals surface area contributed by atoms with Gasteiger partial charge in [0.05, 0.1) is 19.0 Å².